The predicted molar refractivity (Wildman–Crippen MR) is 111 cm³/mol. The van der Waals surface area contributed by atoms with Gasteiger partial charge in [0.1, 0.15) is 0 Å². The minimum absolute atomic E-state index is 0.133. The Morgan fingerprint density at radius 1 is 1.26 bits per heavy atom. The Balaban J connectivity index is 1.65. The van der Waals surface area contributed by atoms with Gasteiger partial charge in [0.2, 0.25) is 0 Å². The van der Waals surface area contributed by atoms with Gasteiger partial charge in [0, 0.05) is 45.2 Å². The normalized spacial score (nSPS) is 11.3. The molecule has 0 atom stereocenters. The fourth-order valence-corrected chi connectivity index (χ4v) is 3.18. The summed E-state index contributed by atoms with van der Waals surface area (Å²) in [6, 6.07) is 6.75. The van der Waals surface area contributed by atoms with Gasteiger partial charge in [-0.15, -0.1) is 11.3 Å². The Labute approximate surface area is 163 Å². The zero-order valence-electron chi connectivity index (χ0n) is 15.9. The van der Waals surface area contributed by atoms with Gasteiger partial charge in [-0.05, 0) is 24.8 Å². The second-order valence-electron chi connectivity index (χ2n) is 6.25. The van der Waals surface area contributed by atoms with Crippen molar-refractivity contribution < 1.29 is 4.92 Å². The van der Waals surface area contributed by atoms with Crippen LogP contribution in [0.1, 0.15) is 24.1 Å². The number of hydrogen-bond acceptors (Lipinski definition) is 6. The molecule has 1 aromatic carbocycles. The Morgan fingerprint density at radius 3 is 2.59 bits per heavy atom. The average molecular weight is 391 g/mol. The number of nitro groups is 1. The Morgan fingerprint density at radius 2 is 2.00 bits per heavy atom. The molecule has 2 N–H and O–H groups in total. The largest absolute Gasteiger partial charge is 0.356 e. The molecule has 0 aliphatic rings. The summed E-state index contributed by atoms with van der Waals surface area (Å²) >= 11 is 1.62. The molecule has 0 fully saturated rings. The molecule has 0 bridgehead atoms. The number of benzene rings is 1. The number of guanidine groups is 1. The van der Waals surface area contributed by atoms with Gasteiger partial charge in [-0.1, -0.05) is 12.1 Å². The summed E-state index contributed by atoms with van der Waals surface area (Å²) in [5.74, 6) is 0.754. The van der Waals surface area contributed by atoms with Crippen LogP contribution in [0.15, 0.2) is 34.6 Å². The van der Waals surface area contributed by atoms with E-state index in [0.717, 1.165) is 48.2 Å². The molecule has 9 heteroatoms. The highest BCUT2D eigenvalue weighted by Crippen LogP contribution is 2.17. The molecular formula is C18H26N6O2S. The second kappa shape index (κ2) is 10.5. The molecule has 2 rings (SSSR count). The number of aliphatic imine (C=N–C) groups is 1. The van der Waals surface area contributed by atoms with Crippen molar-refractivity contribution in [3.8, 4) is 0 Å². The summed E-state index contributed by atoms with van der Waals surface area (Å²) in [4.78, 5) is 21.0. The molecule has 0 spiro atoms. The molecule has 2 aromatic rings. The van der Waals surface area contributed by atoms with Crippen molar-refractivity contribution in [1.29, 1.82) is 0 Å². The van der Waals surface area contributed by atoms with Crippen molar-refractivity contribution in [2.75, 3.05) is 32.6 Å². The van der Waals surface area contributed by atoms with Gasteiger partial charge in [-0.2, -0.15) is 0 Å². The summed E-state index contributed by atoms with van der Waals surface area (Å²) in [5, 5.41) is 20.2. The molecule has 0 saturated carbocycles. The van der Waals surface area contributed by atoms with Crippen molar-refractivity contribution in [2.45, 2.75) is 25.8 Å². The number of aryl methyl sites for hydroxylation is 1. The van der Waals surface area contributed by atoms with Crippen molar-refractivity contribution >= 4 is 28.1 Å². The van der Waals surface area contributed by atoms with E-state index in [1.54, 1.807) is 30.5 Å². The first-order chi connectivity index (χ1) is 13.0. The van der Waals surface area contributed by atoms with Crippen molar-refractivity contribution in [1.82, 2.24) is 15.6 Å². The number of unbranched alkanes of at least 4 members (excludes halogenated alkanes) is 1. The third-order valence-corrected chi connectivity index (χ3v) is 4.97. The molecule has 1 heterocycles. The van der Waals surface area contributed by atoms with Crippen LogP contribution in [0.5, 0.6) is 0 Å². The highest BCUT2D eigenvalue weighted by molar-refractivity contribution is 7.13. The topological polar surface area (TPSA) is 95.7 Å². The monoisotopic (exact) mass is 390 g/mol. The molecule has 0 radical (unpaired) electrons. The molecule has 146 valence electrons. The summed E-state index contributed by atoms with van der Waals surface area (Å²) in [6.07, 6.45) is 2.89. The Kier molecular flexibility index (Phi) is 8.00. The predicted octanol–water partition coefficient (Wildman–Crippen LogP) is 2.81. The Hall–Kier alpha value is -2.68. The minimum Gasteiger partial charge on any atom is -0.356 e. The molecule has 0 aliphatic carbocycles. The number of thiazole rings is 1. The summed E-state index contributed by atoms with van der Waals surface area (Å²) < 4.78 is 0. The number of anilines is 1. The lowest BCUT2D eigenvalue weighted by molar-refractivity contribution is -0.384. The lowest BCUT2D eigenvalue weighted by atomic mass is 10.1. The molecule has 1 aromatic heterocycles. The van der Waals surface area contributed by atoms with Crippen molar-refractivity contribution in [3.05, 3.63) is 51.0 Å². The molecule has 27 heavy (non-hydrogen) atoms. The van der Waals surface area contributed by atoms with Crippen LogP contribution >= 0.6 is 11.3 Å². The fraction of sp³-hybridized carbons (Fsp3) is 0.444. The smallest absolute Gasteiger partial charge is 0.269 e. The summed E-state index contributed by atoms with van der Waals surface area (Å²) in [5.41, 5.74) is 2.24. The van der Waals surface area contributed by atoms with Gasteiger partial charge in [0.05, 0.1) is 17.2 Å². The summed E-state index contributed by atoms with van der Waals surface area (Å²) in [6.45, 7) is 1.44. The number of nitrogens with one attached hydrogen (secondary N) is 2. The number of nitro benzene ring substituents is 1. The van der Waals surface area contributed by atoms with Gasteiger partial charge >= 0.3 is 0 Å². The molecule has 8 nitrogen and oxygen atoms in total. The highest BCUT2D eigenvalue weighted by Gasteiger charge is 2.05. The average Bonchev–Trinajstić information content (AvgIpc) is 3.13. The van der Waals surface area contributed by atoms with Crippen LogP contribution in [0.4, 0.5) is 10.8 Å². The van der Waals surface area contributed by atoms with Gasteiger partial charge in [0.15, 0.2) is 11.1 Å². The molecular weight excluding hydrogens is 364 g/mol. The van der Waals surface area contributed by atoms with E-state index < -0.39 is 0 Å². The van der Waals surface area contributed by atoms with Crippen LogP contribution in [0.3, 0.4) is 0 Å². The maximum atomic E-state index is 10.7. The maximum Gasteiger partial charge on any atom is 0.269 e. The minimum atomic E-state index is -0.376. The SMILES string of the molecule is CN=C(NCCCCc1ccc([N+](=O)[O-])cc1)NCc1csc(N(C)C)n1. The number of hydrogen-bond donors (Lipinski definition) is 2. The lowest BCUT2D eigenvalue weighted by Gasteiger charge is -2.11. The van der Waals surface area contributed by atoms with Crippen molar-refractivity contribution in [2.24, 2.45) is 4.99 Å². The van der Waals surface area contributed by atoms with Gasteiger partial charge < -0.3 is 15.5 Å². The zero-order valence-corrected chi connectivity index (χ0v) is 16.8. The van der Waals surface area contributed by atoms with E-state index >= 15 is 0 Å². The van der Waals surface area contributed by atoms with E-state index in [1.807, 2.05) is 36.5 Å². The van der Waals surface area contributed by atoms with Crippen LogP contribution in [0.2, 0.25) is 0 Å². The van der Waals surface area contributed by atoms with E-state index in [9.17, 15) is 10.1 Å². The van der Waals surface area contributed by atoms with Crippen LogP contribution < -0.4 is 15.5 Å². The first-order valence-corrected chi connectivity index (χ1v) is 9.67. The summed E-state index contributed by atoms with van der Waals surface area (Å²) in [7, 11) is 5.71. The van der Waals surface area contributed by atoms with Crippen LogP contribution in [0, 0.1) is 10.1 Å². The third-order valence-electron chi connectivity index (χ3n) is 3.91. The molecule has 0 unspecified atom stereocenters. The van der Waals surface area contributed by atoms with Crippen LogP contribution in [-0.2, 0) is 13.0 Å². The Bertz CT molecular complexity index is 757. The van der Waals surface area contributed by atoms with Gasteiger partial charge in [-0.25, -0.2) is 4.98 Å². The highest BCUT2D eigenvalue weighted by atomic mass is 32.1. The van der Waals surface area contributed by atoms with E-state index in [4.69, 9.17) is 0 Å². The standard InChI is InChI=1S/C18H26N6O2S/c1-19-17(21-12-15-13-27-18(22-15)23(2)3)20-11-5-4-6-14-7-9-16(10-8-14)24(25)26/h7-10,13H,4-6,11-12H2,1-3H3,(H2,19,20,21). The first kappa shape index (κ1) is 20.6. The number of aromatic nitrogens is 1. The van der Waals surface area contributed by atoms with Gasteiger partial charge in [0.25, 0.3) is 5.69 Å². The lowest BCUT2D eigenvalue weighted by Crippen LogP contribution is -2.37. The molecule has 0 saturated heterocycles. The van der Waals surface area contributed by atoms with Crippen LogP contribution in [0.25, 0.3) is 0 Å². The third kappa shape index (κ3) is 6.86. The number of rotatable bonds is 9. The van der Waals surface area contributed by atoms with Crippen molar-refractivity contribution in [3.63, 3.8) is 0 Å². The molecule has 0 aliphatic heterocycles. The number of nitrogens with zero attached hydrogens (tertiary/aromatic N) is 4. The van der Waals surface area contributed by atoms with Gasteiger partial charge in [-0.3, -0.25) is 15.1 Å². The van der Waals surface area contributed by atoms with E-state index in [1.165, 1.54) is 0 Å². The fourth-order valence-electron chi connectivity index (χ4n) is 2.42. The van der Waals surface area contributed by atoms with E-state index in [-0.39, 0.29) is 10.6 Å². The van der Waals surface area contributed by atoms with E-state index in [0.29, 0.717) is 6.54 Å². The maximum absolute atomic E-state index is 10.7. The number of non-ortho nitro benzene ring substituents is 1. The zero-order chi connectivity index (χ0) is 19.6. The first-order valence-electron chi connectivity index (χ1n) is 8.79. The second-order valence-corrected chi connectivity index (χ2v) is 7.09. The molecule has 0 amide bonds. The quantitative estimate of drug-likeness (QED) is 0.225. The van der Waals surface area contributed by atoms with E-state index in [2.05, 4.69) is 20.6 Å². The van der Waals surface area contributed by atoms with Crippen LogP contribution in [-0.4, -0.2) is 43.6 Å².